The van der Waals surface area contributed by atoms with Gasteiger partial charge in [-0.25, -0.2) is 5.01 Å². The molecule has 0 N–H and O–H groups in total. The van der Waals surface area contributed by atoms with Gasteiger partial charge < -0.3 is 23.7 Å². The minimum atomic E-state index is -0.401. The summed E-state index contributed by atoms with van der Waals surface area (Å²) in [5.74, 6) is 3.61. The zero-order valence-corrected chi connectivity index (χ0v) is 19.8. The third-order valence-electron chi connectivity index (χ3n) is 6.19. The van der Waals surface area contributed by atoms with E-state index in [1.165, 1.54) is 0 Å². The summed E-state index contributed by atoms with van der Waals surface area (Å²) in [7, 11) is 4.92. The van der Waals surface area contributed by atoms with Crippen molar-refractivity contribution in [3.05, 3.63) is 77.4 Å². The molecule has 176 valence electrons. The summed E-state index contributed by atoms with van der Waals surface area (Å²) in [4.78, 5) is 0. The van der Waals surface area contributed by atoms with Crippen LogP contribution in [0.4, 0.5) is 0 Å². The van der Waals surface area contributed by atoms with Crippen molar-refractivity contribution >= 4 is 5.71 Å². The van der Waals surface area contributed by atoms with Crippen LogP contribution in [0, 0.1) is 0 Å². The van der Waals surface area contributed by atoms with Crippen molar-refractivity contribution < 1.29 is 23.7 Å². The number of ether oxygens (including phenoxy) is 5. The van der Waals surface area contributed by atoms with Gasteiger partial charge in [-0.15, -0.1) is 0 Å². The molecule has 0 aliphatic carbocycles. The van der Waals surface area contributed by atoms with Crippen LogP contribution in [0.1, 0.15) is 42.3 Å². The molecular formula is C27H28N2O5. The van der Waals surface area contributed by atoms with Crippen molar-refractivity contribution in [2.24, 2.45) is 5.10 Å². The quantitative estimate of drug-likeness (QED) is 0.474. The molecule has 5 rings (SSSR count). The summed E-state index contributed by atoms with van der Waals surface area (Å²) >= 11 is 0. The third kappa shape index (κ3) is 3.77. The van der Waals surface area contributed by atoms with Crippen molar-refractivity contribution in [3.8, 4) is 28.7 Å². The van der Waals surface area contributed by atoms with Crippen LogP contribution in [0.15, 0.2) is 65.8 Å². The van der Waals surface area contributed by atoms with Crippen LogP contribution < -0.4 is 23.7 Å². The zero-order chi connectivity index (χ0) is 23.7. The highest BCUT2D eigenvalue weighted by molar-refractivity contribution is 6.02. The number of para-hydroxylation sites is 1. The summed E-state index contributed by atoms with van der Waals surface area (Å²) in [5.41, 5.74) is 4.02. The van der Waals surface area contributed by atoms with Crippen LogP contribution in [0.2, 0.25) is 0 Å². The lowest BCUT2D eigenvalue weighted by Gasteiger charge is -2.38. The molecule has 2 heterocycles. The molecular weight excluding hydrogens is 432 g/mol. The van der Waals surface area contributed by atoms with Crippen LogP contribution in [-0.2, 0) is 0 Å². The fraction of sp³-hybridized carbons (Fsp3) is 0.296. The Labute approximate surface area is 199 Å². The molecule has 0 fully saturated rings. The van der Waals surface area contributed by atoms with Crippen molar-refractivity contribution in [1.82, 2.24) is 5.01 Å². The Morgan fingerprint density at radius 1 is 0.882 bits per heavy atom. The predicted molar refractivity (Wildman–Crippen MR) is 129 cm³/mol. The number of nitrogens with zero attached hydrogens (tertiary/aromatic N) is 2. The minimum Gasteiger partial charge on any atom is -0.493 e. The van der Waals surface area contributed by atoms with E-state index in [2.05, 4.69) is 6.07 Å². The normalized spacial score (nSPS) is 18.4. The number of benzene rings is 3. The Hall–Kier alpha value is -3.87. The van der Waals surface area contributed by atoms with Gasteiger partial charge in [-0.3, -0.25) is 0 Å². The van der Waals surface area contributed by atoms with Crippen molar-refractivity contribution in [1.29, 1.82) is 0 Å². The monoisotopic (exact) mass is 460 g/mol. The van der Waals surface area contributed by atoms with Gasteiger partial charge in [0.05, 0.1) is 39.7 Å². The Morgan fingerprint density at radius 2 is 1.62 bits per heavy atom. The highest BCUT2D eigenvalue weighted by atomic mass is 16.5. The van der Waals surface area contributed by atoms with Gasteiger partial charge in [0.1, 0.15) is 5.75 Å². The van der Waals surface area contributed by atoms with Gasteiger partial charge in [0.2, 0.25) is 6.23 Å². The molecule has 34 heavy (non-hydrogen) atoms. The van der Waals surface area contributed by atoms with Crippen LogP contribution >= 0.6 is 0 Å². The van der Waals surface area contributed by atoms with Crippen molar-refractivity contribution in [3.63, 3.8) is 0 Å². The summed E-state index contributed by atoms with van der Waals surface area (Å²) in [6.45, 7) is 2.52. The largest absolute Gasteiger partial charge is 0.493 e. The minimum absolute atomic E-state index is 0.0515. The first-order valence-corrected chi connectivity index (χ1v) is 11.3. The summed E-state index contributed by atoms with van der Waals surface area (Å²) in [6.07, 6.45) is 0.350. The number of hydrogen-bond donors (Lipinski definition) is 0. The van der Waals surface area contributed by atoms with Gasteiger partial charge in [-0.05, 0) is 49.4 Å². The van der Waals surface area contributed by atoms with Gasteiger partial charge in [-0.2, -0.15) is 5.10 Å². The fourth-order valence-electron chi connectivity index (χ4n) is 4.56. The number of hydrazone groups is 1. The molecule has 0 radical (unpaired) electrons. The second kappa shape index (κ2) is 9.17. The van der Waals surface area contributed by atoms with Crippen LogP contribution in [0.3, 0.4) is 0 Å². The molecule has 2 aliphatic heterocycles. The summed E-state index contributed by atoms with van der Waals surface area (Å²) in [6, 6.07) is 20.0. The Bertz CT molecular complexity index is 1230. The maximum absolute atomic E-state index is 6.47. The molecule has 3 aromatic rings. The van der Waals surface area contributed by atoms with Crippen LogP contribution in [0.25, 0.3) is 0 Å². The first kappa shape index (κ1) is 21.9. The average Bonchev–Trinajstić information content (AvgIpc) is 3.34. The average molecular weight is 461 g/mol. The second-order valence-electron chi connectivity index (χ2n) is 8.07. The van der Waals surface area contributed by atoms with Crippen molar-refractivity contribution in [2.75, 3.05) is 27.9 Å². The second-order valence-corrected chi connectivity index (χ2v) is 8.07. The lowest BCUT2D eigenvalue weighted by molar-refractivity contribution is -0.0191. The Kier molecular flexibility index (Phi) is 5.92. The molecule has 0 bridgehead atoms. The summed E-state index contributed by atoms with van der Waals surface area (Å²) < 4.78 is 28.7. The highest BCUT2D eigenvalue weighted by Crippen LogP contribution is 2.48. The van der Waals surface area contributed by atoms with Crippen LogP contribution in [0.5, 0.6) is 28.7 Å². The molecule has 0 spiro atoms. The molecule has 7 heteroatoms. The van der Waals surface area contributed by atoms with Gasteiger partial charge in [0, 0.05) is 23.1 Å². The number of methoxy groups -OCH3 is 3. The van der Waals surface area contributed by atoms with E-state index >= 15 is 0 Å². The molecule has 2 aliphatic rings. The van der Waals surface area contributed by atoms with E-state index in [0.717, 1.165) is 34.6 Å². The van der Waals surface area contributed by atoms with E-state index in [1.807, 2.05) is 66.5 Å². The lowest BCUT2D eigenvalue weighted by Crippen LogP contribution is -2.33. The smallest absolute Gasteiger partial charge is 0.214 e. The Balaban J connectivity index is 1.56. The topological polar surface area (TPSA) is 61.8 Å². The van der Waals surface area contributed by atoms with E-state index in [4.69, 9.17) is 28.8 Å². The van der Waals surface area contributed by atoms with Gasteiger partial charge in [-0.1, -0.05) is 18.2 Å². The molecule has 0 saturated heterocycles. The molecule has 0 amide bonds. The van der Waals surface area contributed by atoms with E-state index in [9.17, 15) is 0 Å². The van der Waals surface area contributed by atoms with E-state index < -0.39 is 6.23 Å². The maximum Gasteiger partial charge on any atom is 0.214 e. The zero-order valence-electron chi connectivity index (χ0n) is 19.8. The van der Waals surface area contributed by atoms with Crippen molar-refractivity contribution in [2.45, 2.75) is 25.6 Å². The molecule has 2 atom stereocenters. The van der Waals surface area contributed by atoms with E-state index in [-0.39, 0.29) is 6.04 Å². The molecule has 0 saturated carbocycles. The van der Waals surface area contributed by atoms with Gasteiger partial charge in [0.25, 0.3) is 0 Å². The van der Waals surface area contributed by atoms with Gasteiger partial charge in [0.15, 0.2) is 23.0 Å². The number of fused-ring (bicyclic) bond motifs is 3. The Morgan fingerprint density at radius 3 is 2.38 bits per heavy atom. The first-order chi connectivity index (χ1) is 16.7. The lowest BCUT2D eigenvalue weighted by atomic mass is 9.95. The highest BCUT2D eigenvalue weighted by Gasteiger charge is 2.41. The first-order valence-electron chi connectivity index (χ1n) is 11.3. The molecule has 7 nitrogen and oxygen atoms in total. The maximum atomic E-state index is 6.47. The SMILES string of the molecule is CCOc1ccc([C@@H]2Oc3ccccc3[C@H]3CC(c4ccc(OC)c(OC)c4)=NN32)cc1OC. The molecule has 0 unspecified atom stereocenters. The van der Waals surface area contributed by atoms with Crippen LogP contribution in [-0.4, -0.2) is 38.7 Å². The predicted octanol–water partition coefficient (Wildman–Crippen LogP) is 5.35. The number of hydrogen-bond acceptors (Lipinski definition) is 7. The molecule has 0 aromatic heterocycles. The van der Waals surface area contributed by atoms with E-state index in [1.54, 1.807) is 21.3 Å². The van der Waals surface area contributed by atoms with Gasteiger partial charge >= 0.3 is 0 Å². The van der Waals surface area contributed by atoms with E-state index in [0.29, 0.717) is 29.6 Å². The standard InChI is InChI=1S/C27H28N2O5/c1-5-33-24-13-11-18(15-26(24)32-4)27-29-21(19-8-6-7-9-22(19)34-27)16-20(28-29)17-10-12-23(30-2)25(14-17)31-3/h6-15,21,27H,5,16H2,1-4H3/t21-,27+/m1/s1. The molecule has 3 aromatic carbocycles. The number of rotatable bonds is 7. The fourth-order valence-corrected chi connectivity index (χ4v) is 4.56. The summed E-state index contributed by atoms with van der Waals surface area (Å²) in [5, 5.41) is 7.08. The third-order valence-corrected chi connectivity index (χ3v) is 6.19.